The van der Waals surface area contributed by atoms with Crippen LogP contribution < -0.4 is 9.47 Å². The van der Waals surface area contributed by atoms with Gasteiger partial charge in [-0.05, 0) is 126 Å². The van der Waals surface area contributed by atoms with Crippen LogP contribution in [0.1, 0.15) is 58.6 Å². The van der Waals surface area contributed by atoms with Crippen molar-refractivity contribution in [3.05, 3.63) is 167 Å². The standard InChI is InChI=1S/C25H19F3N2O2.C25H17F3N2O2/c2*1-16(31)20-4-2-3-5-21(20)18-9-12-22-23(14-18)30-24(29-22)13-8-17-6-10-19(11-7-17)32-15-25(26,27)28/h2-7,9-12,14,16,31H,15H2,1H3,(H,29,30);2-7,9-12,14H,15H2,1H3,(H,29,30). The quantitative estimate of drug-likeness (QED) is 0.0796. The van der Waals surface area contributed by atoms with E-state index >= 15 is 0 Å². The minimum atomic E-state index is -4.38. The third kappa shape index (κ3) is 11.8. The van der Waals surface area contributed by atoms with Gasteiger partial charge in [0.1, 0.15) is 11.5 Å². The molecule has 8 nitrogen and oxygen atoms in total. The SMILES string of the molecule is CC(=O)c1ccccc1-c1ccc2nc(C#Cc3ccc(OCC(F)(F)F)cc3)[nH]c2c1.CC(O)c1ccccc1-c1ccc2nc(C#Cc3ccc(OCC(F)(F)F)cc3)[nH]c2c1. The monoisotopic (exact) mass is 870 g/mol. The molecular formula is C50H36F6N4O4. The number of ether oxygens (including phenoxy) is 2. The van der Waals surface area contributed by atoms with Crippen molar-refractivity contribution in [2.24, 2.45) is 0 Å². The zero-order valence-corrected chi connectivity index (χ0v) is 34.0. The molecule has 322 valence electrons. The van der Waals surface area contributed by atoms with Gasteiger partial charge in [0.25, 0.3) is 0 Å². The van der Waals surface area contributed by atoms with Gasteiger partial charge in [-0.25, -0.2) is 9.97 Å². The van der Waals surface area contributed by atoms with Crippen LogP contribution in [0, 0.1) is 23.7 Å². The minimum Gasteiger partial charge on any atom is -0.484 e. The minimum absolute atomic E-state index is 0.00770. The number of halogens is 6. The Morgan fingerprint density at radius 1 is 0.609 bits per heavy atom. The summed E-state index contributed by atoms with van der Waals surface area (Å²) in [5.74, 6) is 12.9. The summed E-state index contributed by atoms with van der Waals surface area (Å²) >= 11 is 0. The molecule has 1 atom stereocenters. The third-order valence-corrected chi connectivity index (χ3v) is 9.47. The zero-order chi connectivity index (χ0) is 45.4. The number of imidazole rings is 2. The van der Waals surface area contributed by atoms with Crippen molar-refractivity contribution in [3.8, 4) is 57.4 Å². The summed E-state index contributed by atoms with van der Waals surface area (Å²) < 4.78 is 82.7. The van der Waals surface area contributed by atoms with Gasteiger partial charge >= 0.3 is 12.4 Å². The Morgan fingerprint density at radius 2 is 1.05 bits per heavy atom. The van der Waals surface area contributed by atoms with Crippen molar-refractivity contribution >= 4 is 27.9 Å². The number of hydrogen-bond donors (Lipinski definition) is 3. The lowest BCUT2D eigenvalue weighted by molar-refractivity contribution is -0.154. The van der Waals surface area contributed by atoms with Crippen LogP contribution in [0.4, 0.5) is 26.3 Å². The number of carbonyl (C=O) groups is 1. The molecule has 0 spiro atoms. The first-order valence-corrected chi connectivity index (χ1v) is 19.6. The molecule has 6 aromatic carbocycles. The number of H-pyrrole nitrogens is 2. The third-order valence-electron chi connectivity index (χ3n) is 9.47. The van der Waals surface area contributed by atoms with Crippen LogP contribution in [0.3, 0.4) is 0 Å². The Hall–Kier alpha value is -7.81. The normalized spacial score (nSPS) is 11.7. The second kappa shape index (κ2) is 19.1. The van der Waals surface area contributed by atoms with Gasteiger partial charge < -0.3 is 24.5 Å². The molecule has 64 heavy (non-hydrogen) atoms. The Kier molecular flexibility index (Phi) is 13.2. The van der Waals surface area contributed by atoms with Gasteiger partial charge in [-0.1, -0.05) is 72.5 Å². The molecule has 0 radical (unpaired) electrons. The molecule has 14 heteroatoms. The Bertz CT molecular complexity index is 3060. The molecule has 0 saturated heterocycles. The first kappa shape index (κ1) is 44.3. The summed E-state index contributed by atoms with van der Waals surface area (Å²) in [7, 11) is 0. The molecule has 0 saturated carbocycles. The predicted molar refractivity (Wildman–Crippen MR) is 232 cm³/mol. The fourth-order valence-corrected chi connectivity index (χ4v) is 6.50. The molecule has 8 aromatic rings. The molecule has 1 unspecified atom stereocenters. The van der Waals surface area contributed by atoms with Crippen molar-refractivity contribution in [2.45, 2.75) is 32.3 Å². The number of fused-ring (bicyclic) bond motifs is 2. The van der Waals surface area contributed by atoms with Crippen molar-refractivity contribution in [2.75, 3.05) is 13.2 Å². The number of carbonyl (C=O) groups excluding carboxylic acids is 1. The topological polar surface area (TPSA) is 113 Å². The van der Waals surface area contributed by atoms with E-state index in [-0.39, 0.29) is 17.3 Å². The van der Waals surface area contributed by atoms with Gasteiger partial charge in [0.15, 0.2) is 30.6 Å². The number of aliphatic hydroxyl groups excluding tert-OH is 1. The lowest BCUT2D eigenvalue weighted by atomic mass is 9.96. The van der Waals surface area contributed by atoms with Gasteiger partial charge in [-0.2, -0.15) is 26.3 Å². The lowest BCUT2D eigenvalue weighted by Gasteiger charge is -2.11. The van der Waals surface area contributed by atoms with Gasteiger partial charge in [0.05, 0.1) is 28.2 Å². The second-order valence-electron chi connectivity index (χ2n) is 14.4. The van der Waals surface area contributed by atoms with Crippen molar-refractivity contribution < 1.29 is 45.7 Å². The van der Waals surface area contributed by atoms with E-state index in [0.717, 1.165) is 49.9 Å². The van der Waals surface area contributed by atoms with Crippen LogP contribution in [0.2, 0.25) is 0 Å². The smallest absolute Gasteiger partial charge is 0.422 e. The van der Waals surface area contributed by atoms with Gasteiger partial charge in [0.2, 0.25) is 0 Å². The van der Waals surface area contributed by atoms with Crippen molar-refractivity contribution in [1.82, 2.24) is 19.9 Å². The number of nitrogens with zero attached hydrogens (tertiary/aromatic N) is 2. The maximum atomic E-state index is 12.2. The molecular weight excluding hydrogens is 835 g/mol. The molecule has 0 amide bonds. The van der Waals surface area contributed by atoms with E-state index in [1.807, 2.05) is 78.9 Å². The van der Waals surface area contributed by atoms with Gasteiger partial charge in [-0.3, -0.25) is 4.79 Å². The molecule has 0 aliphatic rings. The van der Waals surface area contributed by atoms with Crippen LogP contribution in [0.25, 0.3) is 44.3 Å². The van der Waals surface area contributed by atoms with Crippen LogP contribution in [-0.4, -0.2) is 56.4 Å². The van der Waals surface area contributed by atoms with Crippen LogP contribution in [-0.2, 0) is 0 Å². The maximum absolute atomic E-state index is 12.2. The van der Waals surface area contributed by atoms with E-state index < -0.39 is 31.7 Å². The highest BCUT2D eigenvalue weighted by atomic mass is 19.4. The van der Waals surface area contributed by atoms with Gasteiger partial charge in [0, 0.05) is 16.7 Å². The molecule has 2 aromatic heterocycles. The van der Waals surface area contributed by atoms with Crippen molar-refractivity contribution in [1.29, 1.82) is 0 Å². The van der Waals surface area contributed by atoms with E-state index in [4.69, 9.17) is 4.74 Å². The average Bonchev–Trinajstić information content (AvgIpc) is 3.89. The molecule has 8 rings (SSSR count). The fraction of sp³-hybridized carbons (Fsp3) is 0.140. The fourth-order valence-electron chi connectivity index (χ4n) is 6.50. The summed E-state index contributed by atoms with van der Waals surface area (Å²) in [6.07, 6.45) is -9.35. The van der Waals surface area contributed by atoms with E-state index in [2.05, 4.69) is 48.4 Å². The van der Waals surface area contributed by atoms with Crippen LogP contribution in [0.5, 0.6) is 11.5 Å². The number of aliphatic hydroxyl groups is 1. The highest BCUT2D eigenvalue weighted by Gasteiger charge is 2.29. The van der Waals surface area contributed by atoms with E-state index in [1.165, 1.54) is 31.2 Å². The van der Waals surface area contributed by atoms with E-state index in [9.17, 15) is 36.2 Å². The average molecular weight is 871 g/mol. The molecule has 2 heterocycles. The van der Waals surface area contributed by atoms with E-state index in [0.29, 0.717) is 28.3 Å². The Morgan fingerprint density at radius 3 is 1.50 bits per heavy atom. The molecule has 0 aliphatic carbocycles. The Balaban J connectivity index is 0.000000191. The molecule has 3 N–H and O–H groups in total. The number of alkyl halides is 6. The highest BCUT2D eigenvalue weighted by molar-refractivity contribution is 6.01. The number of Topliss-reactive ketones (excluding diaryl/α,β-unsaturated/α-hetero) is 1. The van der Waals surface area contributed by atoms with Crippen LogP contribution >= 0.6 is 0 Å². The number of benzene rings is 6. The number of nitrogens with one attached hydrogen (secondary N) is 2. The molecule has 0 bridgehead atoms. The summed E-state index contributed by atoms with van der Waals surface area (Å²) in [6, 6.07) is 38.7. The number of rotatable bonds is 8. The Labute approximate surface area is 362 Å². The van der Waals surface area contributed by atoms with Crippen LogP contribution in [0.15, 0.2) is 133 Å². The van der Waals surface area contributed by atoms with Gasteiger partial charge in [-0.15, -0.1) is 0 Å². The summed E-state index contributed by atoms with van der Waals surface area (Å²) in [4.78, 5) is 27.2. The number of aromatic amines is 2. The highest BCUT2D eigenvalue weighted by Crippen LogP contribution is 2.31. The molecule has 0 fully saturated rings. The molecule has 0 aliphatic heterocycles. The number of ketones is 1. The van der Waals surface area contributed by atoms with Crippen molar-refractivity contribution in [3.63, 3.8) is 0 Å². The predicted octanol–water partition coefficient (Wildman–Crippen LogP) is 11.4. The summed E-state index contributed by atoms with van der Waals surface area (Å²) in [5, 5.41) is 10.0. The largest absolute Gasteiger partial charge is 0.484 e. The van der Waals surface area contributed by atoms with E-state index in [1.54, 1.807) is 37.3 Å². The second-order valence-corrected chi connectivity index (χ2v) is 14.4. The zero-order valence-electron chi connectivity index (χ0n) is 34.0. The maximum Gasteiger partial charge on any atom is 0.422 e. The summed E-state index contributed by atoms with van der Waals surface area (Å²) in [6.45, 7) is 0.600. The first-order valence-electron chi connectivity index (χ1n) is 19.6. The number of aromatic nitrogens is 4. The summed E-state index contributed by atoms with van der Waals surface area (Å²) in [5.41, 5.74) is 9.42. The lowest BCUT2D eigenvalue weighted by Crippen LogP contribution is -2.19. The first-order chi connectivity index (χ1) is 30.6. The number of hydrogen-bond acceptors (Lipinski definition) is 6.